The summed E-state index contributed by atoms with van der Waals surface area (Å²) in [4.78, 5) is 4.22. The first-order valence-corrected chi connectivity index (χ1v) is 5.63. The van der Waals surface area contributed by atoms with Gasteiger partial charge in [-0.1, -0.05) is 33.3 Å². The standard InChI is InChI=1S/C13H21NO/c1-10(2)5-6-11(3)12-7-8-13(15-4)14-9-12/h7-11H,5-6H2,1-4H3. The first-order chi connectivity index (χ1) is 7.13. The molecule has 0 spiro atoms. The van der Waals surface area contributed by atoms with E-state index in [-0.39, 0.29) is 0 Å². The summed E-state index contributed by atoms with van der Waals surface area (Å²) < 4.78 is 5.04. The van der Waals surface area contributed by atoms with Gasteiger partial charge in [0, 0.05) is 12.3 Å². The maximum absolute atomic E-state index is 5.04. The highest BCUT2D eigenvalue weighted by molar-refractivity contribution is 5.20. The van der Waals surface area contributed by atoms with Crippen LogP contribution in [0.5, 0.6) is 5.88 Å². The van der Waals surface area contributed by atoms with Gasteiger partial charge in [-0.2, -0.15) is 0 Å². The number of ether oxygens (including phenoxy) is 1. The Labute approximate surface area is 92.7 Å². The Morgan fingerprint density at radius 1 is 1.20 bits per heavy atom. The lowest BCUT2D eigenvalue weighted by Gasteiger charge is -2.13. The zero-order chi connectivity index (χ0) is 11.3. The van der Waals surface area contributed by atoms with Crippen LogP contribution in [-0.2, 0) is 0 Å². The largest absolute Gasteiger partial charge is 0.481 e. The number of hydrogen-bond acceptors (Lipinski definition) is 2. The van der Waals surface area contributed by atoms with Gasteiger partial charge in [0.15, 0.2) is 0 Å². The third-order valence-electron chi connectivity index (χ3n) is 2.71. The highest BCUT2D eigenvalue weighted by Crippen LogP contribution is 2.23. The molecule has 0 amide bonds. The number of pyridine rings is 1. The number of nitrogens with zero attached hydrogens (tertiary/aromatic N) is 1. The van der Waals surface area contributed by atoms with Crippen molar-refractivity contribution in [2.24, 2.45) is 5.92 Å². The molecule has 15 heavy (non-hydrogen) atoms. The van der Waals surface area contributed by atoms with Crippen LogP contribution in [0.2, 0.25) is 0 Å². The minimum atomic E-state index is 0.589. The first kappa shape index (κ1) is 12.0. The minimum Gasteiger partial charge on any atom is -0.481 e. The van der Waals surface area contributed by atoms with Crippen molar-refractivity contribution in [3.05, 3.63) is 23.9 Å². The van der Waals surface area contributed by atoms with Crippen molar-refractivity contribution >= 4 is 0 Å². The van der Waals surface area contributed by atoms with Crippen LogP contribution in [0.15, 0.2) is 18.3 Å². The van der Waals surface area contributed by atoms with Crippen molar-refractivity contribution < 1.29 is 4.74 Å². The van der Waals surface area contributed by atoms with Crippen LogP contribution in [0.3, 0.4) is 0 Å². The maximum atomic E-state index is 5.04. The minimum absolute atomic E-state index is 0.589. The molecule has 1 atom stereocenters. The Morgan fingerprint density at radius 3 is 2.40 bits per heavy atom. The highest BCUT2D eigenvalue weighted by Gasteiger charge is 2.07. The van der Waals surface area contributed by atoms with E-state index < -0.39 is 0 Å². The second kappa shape index (κ2) is 5.74. The van der Waals surface area contributed by atoms with E-state index in [2.05, 4.69) is 31.8 Å². The smallest absolute Gasteiger partial charge is 0.212 e. The van der Waals surface area contributed by atoms with E-state index in [4.69, 9.17) is 4.74 Å². The molecule has 0 N–H and O–H groups in total. The van der Waals surface area contributed by atoms with Crippen LogP contribution in [0.4, 0.5) is 0 Å². The fourth-order valence-electron chi connectivity index (χ4n) is 1.55. The molecule has 1 aromatic heterocycles. The molecule has 0 aliphatic carbocycles. The predicted octanol–water partition coefficient (Wildman–Crippen LogP) is 3.63. The molecular weight excluding hydrogens is 186 g/mol. The molecule has 1 unspecified atom stereocenters. The second-order valence-corrected chi connectivity index (χ2v) is 4.51. The van der Waals surface area contributed by atoms with Crippen LogP contribution in [0.25, 0.3) is 0 Å². The Hall–Kier alpha value is -1.05. The molecule has 0 radical (unpaired) electrons. The van der Waals surface area contributed by atoms with Crippen LogP contribution in [0, 0.1) is 5.92 Å². The first-order valence-electron chi connectivity index (χ1n) is 5.63. The third kappa shape index (κ3) is 3.90. The molecule has 2 nitrogen and oxygen atoms in total. The molecule has 84 valence electrons. The van der Waals surface area contributed by atoms with Crippen molar-refractivity contribution in [1.29, 1.82) is 0 Å². The fourth-order valence-corrected chi connectivity index (χ4v) is 1.55. The SMILES string of the molecule is COc1ccc(C(C)CCC(C)C)cn1. The number of methoxy groups -OCH3 is 1. The Kier molecular flexibility index (Phi) is 4.60. The molecule has 0 bridgehead atoms. The molecule has 0 saturated carbocycles. The van der Waals surface area contributed by atoms with E-state index in [1.165, 1.54) is 18.4 Å². The van der Waals surface area contributed by atoms with E-state index in [1.807, 2.05) is 12.3 Å². The van der Waals surface area contributed by atoms with E-state index in [0.717, 1.165) is 5.92 Å². The highest BCUT2D eigenvalue weighted by atomic mass is 16.5. The van der Waals surface area contributed by atoms with Gasteiger partial charge in [0.1, 0.15) is 0 Å². The van der Waals surface area contributed by atoms with Gasteiger partial charge < -0.3 is 4.74 Å². The normalized spacial score (nSPS) is 12.9. The summed E-state index contributed by atoms with van der Waals surface area (Å²) >= 11 is 0. The van der Waals surface area contributed by atoms with Gasteiger partial charge in [0.05, 0.1) is 7.11 Å². The zero-order valence-electron chi connectivity index (χ0n) is 10.2. The molecule has 0 aliphatic rings. The van der Waals surface area contributed by atoms with Crippen molar-refractivity contribution in [1.82, 2.24) is 4.98 Å². The lowest BCUT2D eigenvalue weighted by Crippen LogP contribution is -1.98. The fraction of sp³-hybridized carbons (Fsp3) is 0.615. The van der Waals surface area contributed by atoms with Gasteiger partial charge in [0.2, 0.25) is 5.88 Å². The molecule has 1 heterocycles. The van der Waals surface area contributed by atoms with Crippen molar-refractivity contribution in [2.75, 3.05) is 7.11 Å². The lowest BCUT2D eigenvalue weighted by molar-refractivity contribution is 0.397. The van der Waals surface area contributed by atoms with Gasteiger partial charge in [-0.25, -0.2) is 4.98 Å². The van der Waals surface area contributed by atoms with E-state index in [9.17, 15) is 0 Å². The van der Waals surface area contributed by atoms with Gasteiger partial charge in [-0.05, 0) is 23.8 Å². The Bertz CT molecular complexity index is 279. The Morgan fingerprint density at radius 2 is 1.93 bits per heavy atom. The summed E-state index contributed by atoms with van der Waals surface area (Å²) in [6, 6.07) is 4.04. The average Bonchev–Trinajstić information content (AvgIpc) is 2.26. The summed E-state index contributed by atoms with van der Waals surface area (Å²) in [5, 5.41) is 0. The molecular formula is C13H21NO. The third-order valence-corrected chi connectivity index (χ3v) is 2.71. The summed E-state index contributed by atoms with van der Waals surface area (Å²) in [5.74, 6) is 2.05. The second-order valence-electron chi connectivity index (χ2n) is 4.51. The van der Waals surface area contributed by atoms with Gasteiger partial charge in [-0.3, -0.25) is 0 Å². The number of hydrogen-bond donors (Lipinski definition) is 0. The summed E-state index contributed by atoms with van der Waals surface area (Å²) in [5.41, 5.74) is 1.30. The molecule has 0 saturated heterocycles. The summed E-state index contributed by atoms with van der Waals surface area (Å²) in [6.07, 6.45) is 4.42. The van der Waals surface area contributed by atoms with Crippen molar-refractivity contribution in [3.63, 3.8) is 0 Å². The quantitative estimate of drug-likeness (QED) is 0.735. The van der Waals surface area contributed by atoms with Gasteiger partial charge in [0.25, 0.3) is 0 Å². The number of aromatic nitrogens is 1. The van der Waals surface area contributed by atoms with E-state index in [1.54, 1.807) is 7.11 Å². The van der Waals surface area contributed by atoms with Crippen molar-refractivity contribution in [2.45, 2.75) is 39.5 Å². The van der Waals surface area contributed by atoms with E-state index in [0.29, 0.717) is 11.8 Å². The predicted molar refractivity (Wildman–Crippen MR) is 63.3 cm³/mol. The Balaban J connectivity index is 2.54. The van der Waals surface area contributed by atoms with Gasteiger partial charge in [-0.15, -0.1) is 0 Å². The van der Waals surface area contributed by atoms with Gasteiger partial charge >= 0.3 is 0 Å². The average molecular weight is 207 g/mol. The molecule has 2 heteroatoms. The zero-order valence-corrected chi connectivity index (χ0v) is 10.2. The molecule has 0 aromatic carbocycles. The van der Waals surface area contributed by atoms with Crippen LogP contribution in [0.1, 0.15) is 45.1 Å². The number of rotatable bonds is 5. The van der Waals surface area contributed by atoms with E-state index >= 15 is 0 Å². The molecule has 0 aliphatic heterocycles. The van der Waals surface area contributed by atoms with Crippen LogP contribution < -0.4 is 4.74 Å². The maximum Gasteiger partial charge on any atom is 0.212 e. The molecule has 1 aromatic rings. The van der Waals surface area contributed by atoms with Crippen molar-refractivity contribution in [3.8, 4) is 5.88 Å². The molecule has 0 fully saturated rings. The summed E-state index contributed by atoms with van der Waals surface area (Å²) in [7, 11) is 1.64. The topological polar surface area (TPSA) is 22.1 Å². The molecule has 1 rings (SSSR count). The summed E-state index contributed by atoms with van der Waals surface area (Å²) in [6.45, 7) is 6.78. The van der Waals surface area contributed by atoms with Crippen LogP contribution >= 0.6 is 0 Å². The van der Waals surface area contributed by atoms with Crippen LogP contribution in [-0.4, -0.2) is 12.1 Å². The lowest BCUT2D eigenvalue weighted by atomic mass is 9.94. The monoisotopic (exact) mass is 207 g/mol.